The third-order valence-electron chi connectivity index (χ3n) is 4.27. The number of hydrogen-bond acceptors (Lipinski definition) is 4. The van der Waals surface area contributed by atoms with Crippen molar-refractivity contribution in [1.82, 2.24) is 0 Å². The van der Waals surface area contributed by atoms with E-state index in [1.54, 1.807) is 35.8 Å². The summed E-state index contributed by atoms with van der Waals surface area (Å²) < 4.78 is 10.6. The van der Waals surface area contributed by atoms with Crippen LogP contribution in [0.2, 0.25) is 0 Å². The number of hydrogen-bond donors (Lipinski definition) is 0. The summed E-state index contributed by atoms with van der Waals surface area (Å²) in [6.45, 7) is 0. The topological polar surface area (TPSA) is 18.5 Å². The fourth-order valence-electron chi connectivity index (χ4n) is 2.86. The van der Waals surface area contributed by atoms with E-state index in [9.17, 15) is 0 Å². The molecule has 0 amide bonds. The zero-order valence-electron chi connectivity index (χ0n) is 14.6. The number of benzene rings is 4. The highest BCUT2D eigenvalue weighted by Gasteiger charge is 2.03. The SMILES string of the molecule is COc1ccc2cc(SSc3ccc4cc(OC)ccc4c3)ccc2c1. The normalized spacial score (nSPS) is 11.0. The Morgan fingerprint density at radius 3 is 1.31 bits per heavy atom. The van der Waals surface area contributed by atoms with Gasteiger partial charge in [0.05, 0.1) is 14.2 Å². The molecule has 0 atom stereocenters. The van der Waals surface area contributed by atoms with Crippen LogP contribution in [0.5, 0.6) is 11.5 Å². The van der Waals surface area contributed by atoms with Gasteiger partial charge in [-0.1, -0.05) is 45.9 Å². The van der Waals surface area contributed by atoms with E-state index >= 15 is 0 Å². The molecule has 2 nitrogen and oxygen atoms in total. The molecule has 0 N–H and O–H groups in total. The van der Waals surface area contributed by atoms with Gasteiger partial charge in [-0.2, -0.15) is 0 Å². The fraction of sp³-hybridized carbons (Fsp3) is 0.0909. The Kier molecular flexibility index (Phi) is 4.96. The highest BCUT2D eigenvalue weighted by Crippen LogP contribution is 2.39. The first-order chi connectivity index (χ1) is 12.7. The van der Waals surface area contributed by atoms with Crippen LogP contribution in [-0.2, 0) is 0 Å². The molecule has 0 spiro atoms. The molecule has 4 rings (SSSR count). The number of fused-ring (bicyclic) bond motifs is 2. The molecule has 0 saturated carbocycles. The van der Waals surface area contributed by atoms with Gasteiger partial charge in [0.25, 0.3) is 0 Å². The van der Waals surface area contributed by atoms with Gasteiger partial charge in [-0.15, -0.1) is 0 Å². The quantitative estimate of drug-likeness (QED) is 0.355. The lowest BCUT2D eigenvalue weighted by molar-refractivity contribution is 0.415. The summed E-state index contributed by atoms with van der Waals surface area (Å²) in [5.74, 6) is 1.78. The smallest absolute Gasteiger partial charge is 0.119 e. The standard InChI is InChI=1S/C22H18O2S2/c1-23-19-7-3-17-13-21(9-5-15(17)11-19)25-26-22-10-6-16-12-20(24-2)8-4-18(16)14-22/h3-14H,1-2H3. The van der Waals surface area contributed by atoms with E-state index in [4.69, 9.17) is 9.47 Å². The highest BCUT2D eigenvalue weighted by molar-refractivity contribution is 8.76. The molecule has 26 heavy (non-hydrogen) atoms. The summed E-state index contributed by atoms with van der Waals surface area (Å²) in [6.07, 6.45) is 0. The van der Waals surface area contributed by atoms with Crippen LogP contribution in [0.1, 0.15) is 0 Å². The minimum absolute atomic E-state index is 0.889. The largest absolute Gasteiger partial charge is 0.497 e. The van der Waals surface area contributed by atoms with E-state index in [0.29, 0.717) is 0 Å². The van der Waals surface area contributed by atoms with Crippen LogP contribution in [0.15, 0.2) is 82.6 Å². The molecule has 4 aromatic rings. The molecular weight excluding hydrogens is 360 g/mol. The Morgan fingerprint density at radius 1 is 0.500 bits per heavy atom. The molecule has 0 saturated heterocycles. The Morgan fingerprint density at radius 2 is 0.885 bits per heavy atom. The Labute approximate surface area is 160 Å². The van der Waals surface area contributed by atoms with Crippen LogP contribution in [0.3, 0.4) is 0 Å². The van der Waals surface area contributed by atoms with Gasteiger partial charge >= 0.3 is 0 Å². The molecule has 0 heterocycles. The fourth-order valence-corrected chi connectivity index (χ4v) is 4.85. The van der Waals surface area contributed by atoms with E-state index in [-0.39, 0.29) is 0 Å². The molecule has 0 aliphatic rings. The Hall–Kier alpha value is -2.30. The lowest BCUT2D eigenvalue weighted by atomic mass is 10.1. The summed E-state index contributed by atoms with van der Waals surface area (Å²) in [5, 5.41) is 4.83. The van der Waals surface area contributed by atoms with E-state index in [1.807, 2.05) is 12.1 Å². The molecule has 0 aliphatic carbocycles. The maximum absolute atomic E-state index is 5.29. The molecule has 0 aromatic heterocycles. The second-order valence-corrected chi connectivity index (χ2v) is 8.19. The first kappa shape index (κ1) is 17.1. The van der Waals surface area contributed by atoms with Crippen molar-refractivity contribution in [2.24, 2.45) is 0 Å². The first-order valence-corrected chi connectivity index (χ1v) is 10.4. The molecule has 0 radical (unpaired) electrons. The van der Waals surface area contributed by atoms with Crippen LogP contribution in [0, 0.1) is 0 Å². The van der Waals surface area contributed by atoms with Gasteiger partial charge in [-0.25, -0.2) is 0 Å². The zero-order chi connectivity index (χ0) is 17.9. The van der Waals surface area contributed by atoms with Crippen LogP contribution >= 0.6 is 21.6 Å². The molecule has 0 aliphatic heterocycles. The van der Waals surface area contributed by atoms with Crippen molar-refractivity contribution in [2.75, 3.05) is 14.2 Å². The minimum Gasteiger partial charge on any atom is -0.497 e. The average molecular weight is 379 g/mol. The van der Waals surface area contributed by atoms with E-state index in [1.165, 1.54) is 31.3 Å². The lowest BCUT2D eigenvalue weighted by Gasteiger charge is -2.07. The molecule has 0 bridgehead atoms. The number of rotatable bonds is 5. The van der Waals surface area contributed by atoms with E-state index < -0.39 is 0 Å². The van der Waals surface area contributed by atoms with Gasteiger partial charge in [-0.3, -0.25) is 0 Å². The summed E-state index contributed by atoms with van der Waals surface area (Å²) in [5.41, 5.74) is 0. The molecule has 4 aromatic carbocycles. The lowest BCUT2D eigenvalue weighted by Crippen LogP contribution is -1.82. The van der Waals surface area contributed by atoms with Crippen molar-refractivity contribution in [3.8, 4) is 11.5 Å². The summed E-state index contributed by atoms with van der Waals surface area (Å²) in [4.78, 5) is 2.48. The summed E-state index contributed by atoms with van der Waals surface area (Å²) >= 11 is 0. The molecular formula is C22H18O2S2. The van der Waals surface area contributed by atoms with Gasteiger partial charge in [0, 0.05) is 9.79 Å². The minimum atomic E-state index is 0.889. The summed E-state index contributed by atoms with van der Waals surface area (Å²) in [7, 11) is 6.94. The van der Waals surface area contributed by atoms with Crippen molar-refractivity contribution in [3.05, 3.63) is 72.8 Å². The number of ether oxygens (including phenoxy) is 2. The maximum atomic E-state index is 5.29. The van der Waals surface area contributed by atoms with Crippen molar-refractivity contribution < 1.29 is 9.47 Å². The Bertz CT molecular complexity index is 989. The van der Waals surface area contributed by atoms with Gasteiger partial charge < -0.3 is 9.47 Å². The average Bonchev–Trinajstić information content (AvgIpc) is 2.71. The van der Waals surface area contributed by atoms with Crippen LogP contribution in [-0.4, -0.2) is 14.2 Å². The molecule has 4 heteroatoms. The zero-order valence-corrected chi connectivity index (χ0v) is 16.2. The first-order valence-electron chi connectivity index (χ1n) is 8.25. The number of methoxy groups -OCH3 is 2. The third kappa shape index (κ3) is 3.62. The van der Waals surface area contributed by atoms with Crippen LogP contribution in [0.4, 0.5) is 0 Å². The van der Waals surface area contributed by atoms with Crippen LogP contribution in [0.25, 0.3) is 21.5 Å². The second kappa shape index (κ2) is 7.52. The van der Waals surface area contributed by atoms with Crippen molar-refractivity contribution in [2.45, 2.75) is 9.79 Å². The van der Waals surface area contributed by atoms with E-state index in [0.717, 1.165) is 11.5 Å². The van der Waals surface area contributed by atoms with Gasteiger partial charge in [0.15, 0.2) is 0 Å². The monoisotopic (exact) mass is 378 g/mol. The van der Waals surface area contributed by atoms with Gasteiger partial charge in [-0.05, 0) is 70.1 Å². The van der Waals surface area contributed by atoms with Crippen LogP contribution < -0.4 is 9.47 Å². The Balaban J connectivity index is 1.52. The third-order valence-corrected chi connectivity index (χ3v) is 6.65. The molecule has 0 unspecified atom stereocenters. The van der Waals surface area contributed by atoms with Crippen molar-refractivity contribution >= 4 is 43.1 Å². The predicted molar refractivity (Wildman–Crippen MR) is 113 cm³/mol. The highest BCUT2D eigenvalue weighted by atomic mass is 33.1. The van der Waals surface area contributed by atoms with E-state index in [2.05, 4.69) is 60.7 Å². The second-order valence-electron chi connectivity index (χ2n) is 5.92. The van der Waals surface area contributed by atoms with Gasteiger partial charge in [0.1, 0.15) is 11.5 Å². The van der Waals surface area contributed by atoms with Crippen molar-refractivity contribution in [1.29, 1.82) is 0 Å². The molecule has 0 fully saturated rings. The van der Waals surface area contributed by atoms with Crippen molar-refractivity contribution in [3.63, 3.8) is 0 Å². The predicted octanol–water partition coefficient (Wildman–Crippen LogP) is 6.81. The van der Waals surface area contributed by atoms with Gasteiger partial charge in [0.2, 0.25) is 0 Å². The maximum Gasteiger partial charge on any atom is 0.119 e. The molecule has 130 valence electrons. The summed E-state index contributed by atoms with van der Waals surface area (Å²) in [6, 6.07) is 25.4.